The molecule has 0 aliphatic carbocycles. The van der Waals surface area contributed by atoms with E-state index < -0.39 is 23.5 Å². The van der Waals surface area contributed by atoms with Crippen molar-refractivity contribution in [1.29, 1.82) is 0 Å². The minimum atomic E-state index is -0.789. The quantitative estimate of drug-likeness (QED) is 0.881. The lowest BCUT2D eigenvalue weighted by atomic mass is 10.0. The van der Waals surface area contributed by atoms with Crippen LogP contribution >= 0.6 is 0 Å². The zero-order valence-electron chi connectivity index (χ0n) is 14.3. The summed E-state index contributed by atoms with van der Waals surface area (Å²) < 4.78 is 45.8. The first-order valence-corrected chi connectivity index (χ1v) is 8.29. The summed E-state index contributed by atoms with van der Waals surface area (Å²) in [5.41, 5.74) is 0.501. The Morgan fingerprint density at radius 2 is 1.88 bits per heavy atom. The number of rotatable bonds is 4. The number of carbonyl (C=O) groups excluding carboxylic acids is 1. The van der Waals surface area contributed by atoms with Crippen LogP contribution in [-0.2, 0) is 4.74 Å². The maximum Gasteiger partial charge on any atom is 0.411 e. The van der Waals surface area contributed by atoms with E-state index in [0.29, 0.717) is 0 Å². The van der Waals surface area contributed by atoms with E-state index in [1.807, 2.05) is 7.05 Å². The molecule has 2 aromatic rings. The summed E-state index contributed by atoms with van der Waals surface area (Å²) in [6.07, 6.45) is 0.262. The van der Waals surface area contributed by atoms with Crippen LogP contribution in [-0.4, -0.2) is 37.7 Å². The van der Waals surface area contributed by atoms with Crippen LogP contribution in [0.15, 0.2) is 36.4 Å². The SMILES string of the molecule is CN1CC[C@@H](COC(=O)Nc2ccc(F)cc2-c2cc(F)cc(F)c2)C1. The third kappa shape index (κ3) is 4.54. The largest absolute Gasteiger partial charge is 0.449 e. The van der Waals surface area contributed by atoms with Crippen molar-refractivity contribution in [3.8, 4) is 11.1 Å². The fourth-order valence-corrected chi connectivity index (χ4v) is 3.08. The first-order chi connectivity index (χ1) is 12.4. The Morgan fingerprint density at radius 1 is 1.15 bits per heavy atom. The summed E-state index contributed by atoms with van der Waals surface area (Å²) in [6.45, 7) is 2.10. The topological polar surface area (TPSA) is 41.6 Å². The van der Waals surface area contributed by atoms with E-state index in [4.69, 9.17) is 4.74 Å². The zero-order valence-corrected chi connectivity index (χ0v) is 14.3. The molecule has 1 amide bonds. The summed E-state index contributed by atoms with van der Waals surface area (Å²) in [7, 11) is 2.00. The van der Waals surface area contributed by atoms with E-state index in [0.717, 1.165) is 49.8 Å². The van der Waals surface area contributed by atoms with Crippen molar-refractivity contribution in [3.63, 3.8) is 0 Å². The van der Waals surface area contributed by atoms with Crippen LogP contribution in [0.25, 0.3) is 11.1 Å². The lowest BCUT2D eigenvalue weighted by molar-refractivity contribution is 0.142. The molecule has 7 heteroatoms. The molecule has 1 N–H and O–H groups in total. The molecule has 1 atom stereocenters. The molecule has 0 unspecified atom stereocenters. The Morgan fingerprint density at radius 3 is 2.54 bits per heavy atom. The van der Waals surface area contributed by atoms with Crippen molar-refractivity contribution in [2.75, 3.05) is 32.1 Å². The number of hydrogen-bond donors (Lipinski definition) is 1. The van der Waals surface area contributed by atoms with Crippen LogP contribution in [0.4, 0.5) is 23.7 Å². The van der Waals surface area contributed by atoms with Gasteiger partial charge >= 0.3 is 6.09 Å². The summed E-state index contributed by atoms with van der Waals surface area (Å²) >= 11 is 0. The lowest BCUT2D eigenvalue weighted by Crippen LogP contribution is -2.21. The van der Waals surface area contributed by atoms with Gasteiger partial charge in [0.25, 0.3) is 0 Å². The Bertz CT molecular complexity index is 793. The molecular formula is C19H19F3N2O2. The highest BCUT2D eigenvalue weighted by atomic mass is 19.1. The van der Waals surface area contributed by atoms with E-state index in [9.17, 15) is 18.0 Å². The lowest BCUT2D eigenvalue weighted by Gasteiger charge is -2.14. The summed E-state index contributed by atoms with van der Waals surface area (Å²) in [4.78, 5) is 14.2. The Kier molecular flexibility index (Phi) is 5.46. The van der Waals surface area contributed by atoms with Crippen molar-refractivity contribution in [2.24, 2.45) is 5.92 Å². The monoisotopic (exact) mass is 364 g/mol. The second-order valence-corrected chi connectivity index (χ2v) is 6.49. The van der Waals surface area contributed by atoms with Gasteiger partial charge in [-0.1, -0.05) is 0 Å². The highest BCUT2D eigenvalue weighted by Gasteiger charge is 2.21. The van der Waals surface area contributed by atoms with Gasteiger partial charge in [-0.15, -0.1) is 0 Å². The molecule has 1 fully saturated rings. The Labute approximate surface area is 149 Å². The average Bonchev–Trinajstić information content (AvgIpc) is 2.99. The number of nitrogens with one attached hydrogen (secondary N) is 1. The number of hydrogen-bond acceptors (Lipinski definition) is 3. The number of likely N-dealkylation sites (tertiary alicyclic amines) is 1. The van der Waals surface area contributed by atoms with Crippen LogP contribution in [0.2, 0.25) is 0 Å². The van der Waals surface area contributed by atoms with Crippen molar-refractivity contribution >= 4 is 11.8 Å². The van der Waals surface area contributed by atoms with Crippen LogP contribution in [0.5, 0.6) is 0 Å². The number of ether oxygens (including phenoxy) is 1. The molecule has 0 bridgehead atoms. The molecule has 3 rings (SSSR count). The van der Waals surface area contributed by atoms with E-state index in [2.05, 4.69) is 10.2 Å². The van der Waals surface area contributed by atoms with Crippen molar-refractivity contribution in [1.82, 2.24) is 4.90 Å². The van der Waals surface area contributed by atoms with Gasteiger partial charge in [-0.05, 0) is 55.9 Å². The molecule has 0 radical (unpaired) electrons. The second kappa shape index (κ2) is 7.78. The molecule has 1 saturated heterocycles. The van der Waals surface area contributed by atoms with Crippen molar-refractivity contribution < 1.29 is 22.7 Å². The van der Waals surface area contributed by atoms with Crippen LogP contribution in [0.3, 0.4) is 0 Å². The third-order valence-corrected chi connectivity index (χ3v) is 4.33. The fraction of sp³-hybridized carbons (Fsp3) is 0.316. The van der Waals surface area contributed by atoms with Gasteiger partial charge in [0.1, 0.15) is 17.5 Å². The van der Waals surface area contributed by atoms with Gasteiger partial charge in [0, 0.05) is 24.1 Å². The molecule has 0 aromatic heterocycles. The van der Waals surface area contributed by atoms with Crippen LogP contribution in [0, 0.1) is 23.4 Å². The number of halogens is 3. The van der Waals surface area contributed by atoms with Gasteiger partial charge in [0.2, 0.25) is 0 Å². The number of amides is 1. The number of benzene rings is 2. The maximum absolute atomic E-state index is 13.6. The molecule has 0 spiro atoms. The summed E-state index contributed by atoms with van der Waals surface area (Å²) in [5, 5.41) is 2.52. The van der Waals surface area contributed by atoms with Crippen LogP contribution < -0.4 is 5.32 Å². The predicted octanol–water partition coefficient (Wildman–Crippen LogP) is 4.27. The summed E-state index contributed by atoms with van der Waals surface area (Å²) in [6, 6.07) is 6.46. The van der Waals surface area contributed by atoms with E-state index in [1.54, 1.807) is 0 Å². The summed E-state index contributed by atoms with van der Waals surface area (Å²) in [5.74, 6) is -1.89. The Hall–Kier alpha value is -2.54. The molecule has 4 nitrogen and oxygen atoms in total. The highest BCUT2D eigenvalue weighted by molar-refractivity contribution is 5.91. The maximum atomic E-state index is 13.6. The van der Waals surface area contributed by atoms with E-state index in [1.165, 1.54) is 6.07 Å². The van der Waals surface area contributed by atoms with Gasteiger partial charge in [-0.2, -0.15) is 0 Å². The number of nitrogens with zero attached hydrogens (tertiary/aromatic N) is 1. The van der Waals surface area contributed by atoms with Crippen molar-refractivity contribution in [3.05, 3.63) is 53.8 Å². The first-order valence-electron chi connectivity index (χ1n) is 8.29. The van der Waals surface area contributed by atoms with Gasteiger partial charge in [-0.25, -0.2) is 18.0 Å². The first kappa shape index (κ1) is 18.3. The zero-order chi connectivity index (χ0) is 18.7. The average molecular weight is 364 g/mol. The van der Waals surface area contributed by atoms with Gasteiger partial charge in [0.15, 0.2) is 0 Å². The van der Waals surface area contributed by atoms with Gasteiger partial charge in [-0.3, -0.25) is 5.32 Å². The number of anilines is 1. The minimum Gasteiger partial charge on any atom is -0.449 e. The molecule has 138 valence electrons. The standard InChI is InChI=1S/C19H19F3N2O2/c1-24-5-4-12(10-24)11-26-19(25)23-18-3-2-14(20)9-17(18)13-6-15(21)8-16(22)7-13/h2-3,6-9,12H,4-5,10-11H2,1H3,(H,23,25)/t12-/m1/s1. The van der Waals surface area contributed by atoms with Gasteiger partial charge in [0.05, 0.1) is 12.3 Å². The fourth-order valence-electron chi connectivity index (χ4n) is 3.08. The highest BCUT2D eigenvalue weighted by Crippen LogP contribution is 2.30. The minimum absolute atomic E-state index is 0.120. The second-order valence-electron chi connectivity index (χ2n) is 6.49. The van der Waals surface area contributed by atoms with Gasteiger partial charge < -0.3 is 9.64 Å². The van der Waals surface area contributed by atoms with E-state index >= 15 is 0 Å². The van der Waals surface area contributed by atoms with Crippen LogP contribution in [0.1, 0.15) is 6.42 Å². The Balaban J connectivity index is 1.74. The predicted molar refractivity (Wildman–Crippen MR) is 92.3 cm³/mol. The molecule has 1 heterocycles. The molecular weight excluding hydrogens is 345 g/mol. The van der Waals surface area contributed by atoms with E-state index in [-0.39, 0.29) is 29.3 Å². The third-order valence-electron chi connectivity index (χ3n) is 4.33. The molecule has 1 aliphatic rings. The normalized spacial score (nSPS) is 17.3. The van der Waals surface area contributed by atoms with Crippen molar-refractivity contribution in [2.45, 2.75) is 6.42 Å². The number of carbonyl (C=O) groups is 1. The molecule has 26 heavy (non-hydrogen) atoms. The smallest absolute Gasteiger partial charge is 0.411 e. The molecule has 0 saturated carbocycles. The molecule has 2 aromatic carbocycles. The molecule has 1 aliphatic heterocycles.